The molecule has 138 valence electrons. The van der Waals surface area contributed by atoms with Crippen LogP contribution in [-0.2, 0) is 18.8 Å². The van der Waals surface area contributed by atoms with E-state index in [0.717, 1.165) is 5.75 Å². The molecule has 1 amide bonds. The number of nitrogens with zero attached hydrogens (tertiary/aromatic N) is 1. The molecule has 0 bridgehead atoms. The number of thioether (sulfide) groups is 1. The van der Waals surface area contributed by atoms with Gasteiger partial charge < -0.3 is 14.1 Å². The first-order chi connectivity index (χ1) is 11.0. The molecule has 1 fully saturated rings. The molecule has 0 aromatic carbocycles. The smallest absolute Gasteiger partial charge is 0.325 e. The highest BCUT2D eigenvalue weighted by atomic mass is 32.2. The average Bonchev–Trinajstić information content (AvgIpc) is 2.50. The minimum Gasteiger partial charge on any atom is -0.468 e. The third-order valence-corrected chi connectivity index (χ3v) is 10.8. The normalized spacial score (nSPS) is 21.4. The Balaban J connectivity index is 2.61. The van der Waals surface area contributed by atoms with E-state index < -0.39 is 8.32 Å². The van der Waals surface area contributed by atoms with Crippen LogP contribution in [0.5, 0.6) is 0 Å². The number of rotatable bonds is 9. The van der Waals surface area contributed by atoms with Gasteiger partial charge in [-0.3, -0.25) is 9.59 Å². The van der Waals surface area contributed by atoms with E-state index in [9.17, 15) is 9.59 Å². The molecule has 1 aliphatic heterocycles. The van der Waals surface area contributed by atoms with Gasteiger partial charge in [0, 0.05) is 12.4 Å². The number of esters is 1. The summed E-state index contributed by atoms with van der Waals surface area (Å²) in [6, 6.07) is 0. The fourth-order valence-electron chi connectivity index (χ4n) is 2.26. The van der Waals surface area contributed by atoms with Crippen molar-refractivity contribution >= 4 is 32.0 Å². The summed E-state index contributed by atoms with van der Waals surface area (Å²) in [5, 5.41) is 0.155. The predicted octanol–water partition coefficient (Wildman–Crippen LogP) is 3.28. The van der Waals surface area contributed by atoms with Gasteiger partial charge in [0.25, 0.3) is 0 Å². The molecule has 1 saturated heterocycles. The van der Waals surface area contributed by atoms with Crippen LogP contribution in [-0.4, -0.2) is 56.5 Å². The molecule has 24 heavy (non-hydrogen) atoms. The lowest BCUT2D eigenvalue weighted by molar-refractivity contribution is -0.159. The number of likely N-dealkylation sites (tertiary alicyclic amines) is 1. The monoisotopic (exact) mass is 373 g/mol. The number of amides is 1. The molecule has 0 unspecified atom stereocenters. The number of ether oxygens (including phenoxy) is 1. The Bertz CT molecular complexity index is 476. The lowest BCUT2D eigenvalue weighted by atomic mass is 9.95. The molecule has 0 saturated carbocycles. The van der Waals surface area contributed by atoms with Gasteiger partial charge in [-0.2, -0.15) is 0 Å². The van der Waals surface area contributed by atoms with Gasteiger partial charge in [0.2, 0.25) is 5.91 Å². The summed E-state index contributed by atoms with van der Waals surface area (Å²) in [7, 11) is -0.464. The van der Waals surface area contributed by atoms with E-state index in [4.69, 9.17) is 4.43 Å². The molecule has 5 nitrogen and oxygen atoms in total. The standard InChI is InChI=1S/C17H31NO4SSi/c1-8-11-23-16-13(15(20)18(16)12-14(19)21-5)9-10-22-24(6,7)17(2,3)4/h8,13,16H,1,9-12H2,2-7H3/t13-,16+/m0/s1. The molecule has 1 heterocycles. The molecule has 0 aromatic rings. The maximum absolute atomic E-state index is 12.4. The van der Waals surface area contributed by atoms with Crippen LogP contribution in [0.1, 0.15) is 27.2 Å². The Labute approximate surface area is 151 Å². The van der Waals surface area contributed by atoms with Crippen molar-refractivity contribution < 1.29 is 18.8 Å². The number of hydrogen-bond acceptors (Lipinski definition) is 5. The van der Waals surface area contributed by atoms with Crippen LogP contribution in [0.4, 0.5) is 0 Å². The maximum atomic E-state index is 12.4. The second-order valence-electron chi connectivity index (χ2n) is 7.56. The fourth-order valence-corrected chi connectivity index (χ4v) is 4.50. The highest BCUT2D eigenvalue weighted by Crippen LogP contribution is 2.39. The van der Waals surface area contributed by atoms with Crippen LogP contribution in [0.2, 0.25) is 18.1 Å². The summed E-state index contributed by atoms with van der Waals surface area (Å²) in [6.45, 7) is 15.4. The Kier molecular flexibility index (Phi) is 7.56. The largest absolute Gasteiger partial charge is 0.468 e. The summed E-state index contributed by atoms with van der Waals surface area (Å²) < 4.78 is 10.9. The van der Waals surface area contributed by atoms with Gasteiger partial charge in [-0.25, -0.2) is 0 Å². The van der Waals surface area contributed by atoms with E-state index in [1.807, 2.05) is 6.08 Å². The molecule has 2 atom stereocenters. The van der Waals surface area contributed by atoms with Crippen molar-refractivity contribution in [2.24, 2.45) is 5.92 Å². The van der Waals surface area contributed by atoms with Crippen molar-refractivity contribution in [2.75, 3.05) is 26.0 Å². The maximum Gasteiger partial charge on any atom is 0.325 e. The zero-order valence-electron chi connectivity index (χ0n) is 15.8. The third kappa shape index (κ3) is 5.10. The first-order valence-corrected chi connectivity index (χ1v) is 12.2. The van der Waals surface area contributed by atoms with Crippen molar-refractivity contribution in [2.45, 2.75) is 50.7 Å². The van der Waals surface area contributed by atoms with Gasteiger partial charge in [0.15, 0.2) is 8.32 Å². The second-order valence-corrected chi connectivity index (χ2v) is 13.5. The quantitative estimate of drug-likeness (QED) is 0.269. The van der Waals surface area contributed by atoms with Gasteiger partial charge in [0.1, 0.15) is 6.54 Å². The summed E-state index contributed by atoms with van der Waals surface area (Å²) in [6.07, 6.45) is 2.50. The Morgan fingerprint density at radius 3 is 2.54 bits per heavy atom. The highest BCUT2D eigenvalue weighted by molar-refractivity contribution is 8.00. The molecule has 1 aliphatic rings. The number of β-lactam (4-membered cyclic amide) rings is 1. The fraction of sp³-hybridized carbons (Fsp3) is 0.765. The summed E-state index contributed by atoms with van der Waals surface area (Å²) in [5.74, 6) is 0.281. The lowest BCUT2D eigenvalue weighted by Crippen LogP contribution is -2.61. The van der Waals surface area contributed by atoms with Gasteiger partial charge >= 0.3 is 5.97 Å². The number of methoxy groups -OCH3 is 1. The van der Waals surface area contributed by atoms with Crippen molar-refractivity contribution in [3.05, 3.63) is 12.7 Å². The Morgan fingerprint density at radius 2 is 2.04 bits per heavy atom. The van der Waals surface area contributed by atoms with Crippen LogP contribution < -0.4 is 0 Å². The van der Waals surface area contributed by atoms with Crippen LogP contribution in [0.3, 0.4) is 0 Å². The molecule has 0 radical (unpaired) electrons. The molecule has 0 N–H and O–H groups in total. The van der Waals surface area contributed by atoms with E-state index in [0.29, 0.717) is 13.0 Å². The van der Waals surface area contributed by atoms with Gasteiger partial charge in [0.05, 0.1) is 18.4 Å². The second kappa shape index (κ2) is 8.54. The van der Waals surface area contributed by atoms with Crippen molar-refractivity contribution in [3.8, 4) is 0 Å². The SMILES string of the molecule is C=CCS[C@@H]1[C@@H](CCO[Si](C)(C)C(C)(C)C)C(=O)N1CC(=O)OC. The zero-order chi connectivity index (χ0) is 18.5. The number of hydrogen-bond donors (Lipinski definition) is 0. The Hall–Kier alpha value is -0.793. The molecule has 0 aliphatic carbocycles. The van der Waals surface area contributed by atoms with Crippen LogP contribution >= 0.6 is 11.8 Å². The minimum absolute atomic E-state index is 0.00221. The van der Waals surface area contributed by atoms with E-state index in [1.165, 1.54) is 7.11 Å². The molecule has 0 spiro atoms. The average molecular weight is 374 g/mol. The van der Waals surface area contributed by atoms with E-state index >= 15 is 0 Å². The van der Waals surface area contributed by atoms with Crippen LogP contribution in [0.25, 0.3) is 0 Å². The van der Waals surface area contributed by atoms with Crippen LogP contribution in [0.15, 0.2) is 12.7 Å². The summed E-state index contributed by atoms with van der Waals surface area (Å²) in [4.78, 5) is 25.4. The first-order valence-electron chi connectivity index (χ1n) is 8.29. The van der Waals surface area contributed by atoms with E-state index in [1.54, 1.807) is 16.7 Å². The van der Waals surface area contributed by atoms with Crippen molar-refractivity contribution in [1.82, 2.24) is 4.90 Å². The highest BCUT2D eigenvalue weighted by Gasteiger charge is 2.48. The molecular weight excluding hydrogens is 342 g/mol. The molecule has 1 rings (SSSR count). The first kappa shape index (κ1) is 21.2. The third-order valence-electron chi connectivity index (χ3n) is 4.86. The number of carbonyl (C=O) groups excluding carboxylic acids is 2. The topological polar surface area (TPSA) is 55.8 Å². The minimum atomic E-state index is -1.80. The summed E-state index contributed by atoms with van der Waals surface area (Å²) >= 11 is 1.63. The van der Waals surface area contributed by atoms with Crippen molar-refractivity contribution in [1.29, 1.82) is 0 Å². The zero-order valence-corrected chi connectivity index (χ0v) is 17.6. The molecule has 7 heteroatoms. The predicted molar refractivity (Wildman–Crippen MR) is 101 cm³/mol. The summed E-state index contributed by atoms with van der Waals surface area (Å²) in [5.41, 5.74) is 0. The van der Waals surface area contributed by atoms with Gasteiger partial charge in [-0.15, -0.1) is 18.3 Å². The van der Waals surface area contributed by atoms with Crippen molar-refractivity contribution in [3.63, 3.8) is 0 Å². The lowest BCUT2D eigenvalue weighted by Gasteiger charge is -2.46. The van der Waals surface area contributed by atoms with Gasteiger partial charge in [-0.1, -0.05) is 26.8 Å². The Morgan fingerprint density at radius 1 is 1.42 bits per heavy atom. The van der Waals surface area contributed by atoms with Crippen LogP contribution in [0, 0.1) is 5.92 Å². The molecular formula is C17H31NO4SSi. The number of carbonyl (C=O) groups is 2. The van der Waals surface area contributed by atoms with Gasteiger partial charge in [-0.05, 0) is 24.6 Å². The van der Waals surface area contributed by atoms with E-state index in [-0.39, 0.29) is 34.8 Å². The van der Waals surface area contributed by atoms with E-state index in [2.05, 4.69) is 45.2 Å². The molecule has 0 aromatic heterocycles.